The van der Waals surface area contributed by atoms with E-state index in [1.807, 2.05) is 6.92 Å². The summed E-state index contributed by atoms with van der Waals surface area (Å²) in [6.45, 7) is 3.15. The van der Waals surface area contributed by atoms with E-state index in [2.05, 4.69) is 10.3 Å². The molecule has 1 unspecified atom stereocenters. The second-order valence-electron chi connectivity index (χ2n) is 4.31. The van der Waals surface area contributed by atoms with E-state index in [0.29, 0.717) is 46.5 Å². The van der Waals surface area contributed by atoms with Crippen LogP contribution in [0.5, 0.6) is 5.75 Å². The van der Waals surface area contributed by atoms with Gasteiger partial charge in [0.2, 0.25) is 0 Å². The zero-order valence-electron chi connectivity index (χ0n) is 11.8. The Morgan fingerprint density at radius 2 is 1.95 bits per heavy atom. The maximum atomic E-state index is 6.00. The second kappa shape index (κ2) is 9.20. The van der Waals surface area contributed by atoms with Gasteiger partial charge in [0.25, 0.3) is 0 Å². The van der Waals surface area contributed by atoms with Crippen molar-refractivity contribution in [2.45, 2.75) is 13.0 Å². The third-order valence-electron chi connectivity index (χ3n) is 2.39. The first-order valence-corrected chi connectivity index (χ1v) is 7.40. The largest absolute Gasteiger partial charge is 0.489 e. The summed E-state index contributed by atoms with van der Waals surface area (Å²) in [6.07, 6.45) is 0. The number of benzene rings is 1. The number of guanidine groups is 1. The fourth-order valence-electron chi connectivity index (χ4n) is 1.57. The lowest BCUT2D eigenvalue weighted by atomic mass is 10.3. The highest BCUT2D eigenvalue weighted by Crippen LogP contribution is 2.35. The van der Waals surface area contributed by atoms with Gasteiger partial charge < -0.3 is 20.5 Å². The molecule has 0 amide bonds. The van der Waals surface area contributed by atoms with Crippen molar-refractivity contribution in [3.05, 3.63) is 27.2 Å². The molecule has 3 N–H and O–H groups in total. The lowest BCUT2D eigenvalue weighted by molar-refractivity contribution is 0.179. The molecule has 1 atom stereocenters. The number of methoxy groups -OCH3 is 1. The van der Waals surface area contributed by atoms with Gasteiger partial charge in [-0.2, -0.15) is 0 Å². The van der Waals surface area contributed by atoms with Crippen molar-refractivity contribution in [1.29, 1.82) is 0 Å². The van der Waals surface area contributed by atoms with Gasteiger partial charge in [0.05, 0.1) is 23.2 Å². The van der Waals surface area contributed by atoms with E-state index in [0.717, 1.165) is 0 Å². The standard InChI is InChI=1S/C13H18Cl3N3O2/c1-8(7-20-2)19-13(17)18-3-4-21-12-10(15)5-9(14)6-11(12)16/h5-6,8H,3-4,7H2,1-2H3,(H3,17,18,19). The zero-order chi connectivity index (χ0) is 15.8. The van der Waals surface area contributed by atoms with E-state index in [-0.39, 0.29) is 6.04 Å². The van der Waals surface area contributed by atoms with Crippen LogP contribution in [-0.4, -0.2) is 38.9 Å². The first-order chi connectivity index (χ1) is 9.93. The van der Waals surface area contributed by atoms with Crippen molar-refractivity contribution in [2.24, 2.45) is 10.7 Å². The van der Waals surface area contributed by atoms with Gasteiger partial charge in [-0.1, -0.05) is 34.8 Å². The molecule has 0 aliphatic carbocycles. The number of ether oxygens (including phenoxy) is 2. The molecule has 1 aromatic rings. The molecular formula is C13H18Cl3N3O2. The van der Waals surface area contributed by atoms with Crippen LogP contribution in [0.2, 0.25) is 15.1 Å². The minimum Gasteiger partial charge on any atom is -0.489 e. The van der Waals surface area contributed by atoms with Crippen LogP contribution in [0.3, 0.4) is 0 Å². The van der Waals surface area contributed by atoms with E-state index in [4.69, 9.17) is 50.0 Å². The average molecular weight is 355 g/mol. The molecule has 0 fully saturated rings. The van der Waals surface area contributed by atoms with Crippen LogP contribution in [-0.2, 0) is 4.74 Å². The van der Waals surface area contributed by atoms with E-state index in [1.54, 1.807) is 19.2 Å². The van der Waals surface area contributed by atoms with Gasteiger partial charge in [0, 0.05) is 18.2 Å². The Morgan fingerprint density at radius 1 is 1.33 bits per heavy atom. The molecule has 0 aliphatic rings. The number of hydrogen-bond donors (Lipinski definition) is 2. The Morgan fingerprint density at radius 3 is 2.52 bits per heavy atom. The van der Waals surface area contributed by atoms with Gasteiger partial charge in [0.1, 0.15) is 6.61 Å². The zero-order valence-corrected chi connectivity index (χ0v) is 14.1. The third kappa shape index (κ3) is 6.61. The van der Waals surface area contributed by atoms with Crippen LogP contribution in [0, 0.1) is 0 Å². The van der Waals surface area contributed by atoms with Crippen molar-refractivity contribution in [1.82, 2.24) is 5.32 Å². The highest BCUT2D eigenvalue weighted by molar-refractivity contribution is 6.40. The number of halogens is 3. The first-order valence-electron chi connectivity index (χ1n) is 6.26. The van der Waals surface area contributed by atoms with Crippen molar-refractivity contribution in [3.63, 3.8) is 0 Å². The molecule has 0 aliphatic heterocycles. The first kappa shape index (κ1) is 18.2. The highest BCUT2D eigenvalue weighted by Gasteiger charge is 2.09. The van der Waals surface area contributed by atoms with Crippen molar-refractivity contribution >= 4 is 40.8 Å². The van der Waals surface area contributed by atoms with Crippen molar-refractivity contribution < 1.29 is 9.47 Å². The van der Waals surface area contributed by atoms with Gasteiger partial charge in [-0.3, -0.25) is 0 Å². The fourth-order valence-corrected chi connectivity index (χ4v) is 2.50. The molecule has 0 aromatic heterocycles. The van der Waals surface area contributed by atoms with Crippen LogP contribution in [0.4, 0.5) is 0 Å². The Bertz CT molecular complexity index is 475. The Kier molecular flexibility index (Phi) is 7.96. The summed E-state index contributed by atoms with van der Waals surface area (Å²) < 4.78 is 10.5. The molecule has 118 valence electrons. The second-order valence-corrected chi connectivity index (χ2v) is 5.57. The maximum Gasteiger partial charge on any atom is 0.188 e. The van der Waals surface area contributed by atoms with Crippen LogP contribution in [0.15, 0.2) is 17.1 Å². The van der Waals surface area contributed by atoms with E-state index in [1.165, 1.54) is 0 Å². The van der Waals surface area contributed by atoms with Gasteiger partial charge >= 0.3 is 0 Å². The SMILES string of the molecule is COCC(C)NC(N)=NCCOc1c(Cl)cc(Cl)cc1Cl. The number of nitrogens with one attached hydrogen (secondary N) is 1. The molecule has 0 spiro atoms. The van der Waals surface area contributed by atoms with Gasteiger partial charge in [-0.05, 0) is 19.1 Å². The molecule has 8 heteroatoms. The molecule has 0 saturated heterocycles. The summed E-state index contributed by atoms with van der Waals surface area (Å²) in [5, 5.41) is 4.16. The summed E-state index contributed by atoms with van der Waals surface area (Å²) in [5.41, 5.74) is 5.72. The Hall–Kier alpha value is -0.880. The summed E-state index contributed by atoms with van der Waals surface area (Å²) in [5.74, 6) is 0.716. The third-order valence-corrected chi connectivity index (χ3v) is 3.17. The Labute approximate surface area is 139 Å². The molecule has 5 nitrogen and oxygen atoms in total. The number of rotatable bonds is 7. The monoisotopic (exact) mass is 353 g/mol. The normalized spacial score (nSPS) is 13.1. The quantitative estimate of drug-likeness (QED) is 0.449. The number of hydrogen-bond acceptors (Lipinski definition) is 3. The Balaban J connectivity index is 2.44. The predicted molar refractivity (Wildman–Crippen MR) is 87.9 cm³/mol. The minimum atomic E-state index is 0.0832. The van der Waals surface area contributed by atoms with Crippen LogP contribution in [0.25, 0.3) is 0 Å². The molecule has 21 heavy (non-hydrogen) atoms. The molecule has 0 saturated carbocycles. The molecule has 1 aromatic carbocycles. The van der Waals surface area contributed by atoms with E-state index >= 15 is 0 Å². The maximum absolute atomic E-state index is 6.00. The molecule has 0 radical (unpaired) electrons. The highest BCUT2D eigenvalue weighted by atomic mass is 35.5. The fraction of sp³-hybridized carbons (Fsp3) is 0.462. The topological polar surface area (TPSA) is 68.9 Å². The van der Waals surface area contributed by atoms with Crippen LogP contribution in [0.1, 0.15) is 6.92 Å². The molecule has 0 bridgehead atoms. The van der Waals surface area contributed by atoms with Crippen molar-refractivity contribution in [3.8, 4) is 5.75 Å². The smallest absolute Gasteiger partial charge is 0.188 e. The lowest BCUT2D eigenvalue weighted by Crippen LogP contribution is -2.40. The molecule has 0 heterocycles. The molecular weight excluding hydrogens is 337 g/mol. The lowest BCUT2D eigenvalue weighted by Gasteiger charge is -2.13. The van der Waals surface area contributed by atoms with Gasteiger partial charge in [-0.25, -0.2) is 4.99 Å². The molecule has 1 rings (SSSR count). The van der Waals surface area contributed by atoms with E-state index < -0.39 is 0 Å². The van der Waals surface area contributed by atoms with Crippen molar-refractivity contribution in [2.75, 3.05) is 26.9 Å². The van der Waals surface area contributed by atoms with E-state index in [9.17, 15) is 0 Å². The van der Waals surface area contributed by atoms with Crippen LogP contribution >= 0.6 is 34.8 Å². The van der Waals surface area contributed by atoms with Gasteiger partial charge in [0.15, 0.2) is 11.7 Å². The summed E-state index contributed by atoms with van der Waals surface area (Å²) in [4.78, 5) is 4.13. The minimum absolute atomic E-state index is 0.0832. The number of nitrogens with zero attached hydrogens (tertiary/aromatic N) is 1. The summed E-state index contributed by atoms with van der Waals surface area (Å²) in [6, 6.07) is 3.21. The summed E-state index contributed by atoms with van der Waals surface area (Å²) in [7, 11) is 1.62. The number of nitrogens with two attached hydrogens (primary N) is 1. The predicted octanol–water partition coefficient (Wildman–Crippen LogP) is 2.96. The van der Waals surface area contributed by atoms with Crippen LogP contribution < -0.4 is 15.8 Å². The van der Waals surface area contributed by atoms with Gasteiger partial charge in [-0.15, -0.1) is 0 Å². The average Bonchev–Trinajstić information content (AvgIpc) is 2.36. The number of aliphatic imine (C=N–C) groups is 1. The summed E-state index contributed by atoms with van der Waals surface area (Å²) >= 11 is 17.8.